The summed E-state index contributed by atoms with van der Waals surface area (Å²) in [6, 6.07) is 24.4. The summed E-state index contributed by atoms with van der Waals surface area (Å²) in [5.74, 6) is 0.835. The third-order valence-corrected chi connectivity index (χ3v) is 5.84. The largest absolute Gasteiger partial charge is 0.497 e. The second-order valence-corrected chi connectivity index (χ2v) is 8.16. The molecule has 1 amide bonds. The minimum absolute atomic E-state index is 0.00456. The van der Waals surface area contributed by atoms with Gasteiger partial charge in [-0.3, -0.25) is 4.79 Å². The van der Waals surface area contributed by atoms with Crippen LogP contribution in [0, 0.1) is 0 Å². The summed E-state index contributed by atoms with van der Waals surface area (Å²) in [6.07, 6.45) is 2.40. The normalized spacial score (nSPS) is 11.8. The number of aromatic amines is 1. The molecule has 0 fully saturated rings. The molecule has 0 aliphatic carbocycles. The molecule has 32 heavy (non-hydrogen) atoms. The summed E-state index contributed by atoms with van der Waals surface area (Å²) in [4.78, 5) is 18.2. The molecule has 164 valence electrons. The van der Waals surface area contributed by atoms with Crippen molar-refractivity contribution in [3.63, 3.8) is 0 Å². The maximum Gasteiger partial charge on any atom is 0.224 e. The van der Waals surface area contributed by atoms with Crippen LogP contribution in [0.25, 0.3) is 10.9 Å². The number of rotatable bonds is 8. The van der Waals surface area contributed by atoms with Gasteiger partial charge in [0.2, 0.25) is 5.91 Å². The number of ether oxygens (including phenoxy) is 1. The van der Waals surface area contributed by atoms with E-state index in [0.29, 0.717) is 13.0 Å². The molecule has 5 heteroatoms. The van der Waals surface area contributed by atoms with Crippen molar-refractivity contribution >= 4 is 22.5 Å². The highest BCUT2D eigenvalue weighted by molar-refractivity contribution is 5.84. The van der Waals surface area contributed by atoms with Crippen LogP contribution < -0.4 is 15.0 Å². The smallest absolute Gasteiger partial charge is 0.224 e. The fourth-order valence-electron chi connectivity index (χ4n) is 4.00. The van der Waals surface area contributed by atoms with Gasteiger partial charge in [-0.25, -0.2) is 0 Å². The molecule has 2 N–H and O–H groups in total. The van der Waals surface area contributed by atoms with Crippen LogP contribution in [0.4, 0.5) is 5.69 Å². The first-order valence-electron chi connectivity index (χ1n) is 10.8. The first-order valence-corrected chi connectivity index (χ1v) is 10.8. The van der Waals surface area contributed by atoms with Gasteiger partial charge in [0.05, 0.1) is 13.5 Å². The summed E-state index contributed by atoms with van der Waals surface area (Å²) >= 11 is 0. The second kappa shape index (κ2) is 9.60. The number of amides is 1. The highest BCUT2D eigenvalue weighted by atomic mass is 16.5. The van der Waals surface area contributed by atoms with Crippen LogP contribution in [-0.2, 0) is 11.2 Å². The van der Waals surface area contributed by atoms with Crippen LogP contribution in [-0.4, -0.2) is 38.6 Å². The number of hydrogen-bond acceptors (Lipinski definition) is 3. The van der Waals surface area contributed by atoms with E-state index in [1.54, 1.807) is 7.11 Å². The van der Waals surface area contributed by atoms with Crippen molar-refractivity contribution in [2.75, 3.05) is 32.6 Å². The molecule has 0 aliphatic rings. The predicted octanol–water partition coefficient (Wildman–Crippen LogP) is 4.73. The number of para-hydroxylation sites is 1. The van der Waals surface area contributed by atoms with E-state index in [1.807, 2.05) is 50.5 Å². The van der Waals surface area contributed by atoms with Gasteiger partial charge in [-0.2, -0.15) is 0 Å². The van der Waals surface area contributed by atoms with Crippen LogP contribution in [0.5, 0.6) is 5.75 Å². The topological polar surface area (TPSA) is 57.4 Å². The van der Waals surface area contributed by atoms with Crippen molar-refractivity contribution in [1.82, 2.24) is 10.3 Å². The fraction of sp³-hybridized carbons (Fsp3) is 0.222. The Morgan fingerprint density at radius 1 is 1.00 bits per heavy atom. The van der Waals surface area contributed by atoms with Crippen LogP contribution in [0.2, 0.25) is 0 Å². The highest BCUT2D eigenvalue weighted by Crippen LogP contribution is 2.31. The molecule has 4 aromatic rings. The molecule has 4 rings (SSSR count). The molecule has 0 saturated heterocycles. The average molecular weight is 428 g/mol. The summed E-state index contributed by atoms with van der Waals surface area (Å²) in [6.45, 7) is 0.526. The lowest BCUT2D eigenvalue weighted by molar-refractivity contribution is -0.120. The van der Waals surface area contributed by atoms with E-state index in [0.717, 1.165) is 22.5 Å². The molecule has 0 saturated carbocycles. The van der Waals surface area contributed by atoms with Crippen LogP contribution >= 0.6 is 0 Å². The van der Waals surface area contributed by atoms with Crippen LogP contribution in [0.1, 0.15) is 22.6 Å². The summed E-state index contributed by atoms with van der Waals surface area (Å²) in [5.41, 5.74) is 5.56. The van der Waals surface area contributed by atoms with E-state index in [9.17, 15) is 4.79 Å². The number of carbonyl (C=O) groups excluding carboxylic acids is 1. The minimum atomic E-state index is 0.00456. The number of hydrogen-bond donors (Lipinski definition) is 2. The average Bonchev–Trinajstić information content (AvgIpc) is 3.24. The molecule has 1 heterocycles. The molecule has 1 aromatic heterocycles. The Morgan fingerprint density at radius 2 is 1.72 bits per heavy atom. The van der Waals surface area contributed by atoms with Gasteiger partial charge in [-0.05, 0) is 47.0 Å². The molecule has 0 unspecified atom stereocenters. The number of carbonyl (C=O) groups is 1. The van der Waals surface area contributed by atoms with Crippen molar-refractivity contribution in [1.29, 1.82) is 0 Å². The van der Waals surface area contributed by atoms with Gasteiger partial charge in [-0.15, -0.1) is 0 Å². The Hall–Kier alpha value is -3.73. The Bertz CT molecular complexity index is 1180. The van der Waals surface area contributed by atoms with Crippen molar-refractivity contribution in [3.05, 3.63) is 95.7 Å². The Kier molecular flexibility index (Phi) is 6.45. The Morgan fingerprint density at radius 3 is 2.41 bits per heavy atom. The maximum atomic E-state index is 12.7. The van der Waals surface area contributed by atoms with E-state index < -0.39 is 0 Å². The number of methoxy groups -OCH3 is 1. The fourth-order valence-corrected chi connectivity index (χ4v) is 4.00. The van der Waals surface area contributed by atoms with E-state index >= 15 is 0 Å². The molecule has 0 aliphatic heterocycles. The number of anilines is 1. The van der Waals surface area contributed by atoms with Crippen LogP contribution in [0.15, 0.2) is 79.0 Å². The number of nitrogens with zero attached hydrogens (tertiary/aromatic N) is 1. The van der Waals surface area contributed by atoms with E-state index in [4.69, 9.17) is 4.74 Å². The van der Waals surface area contributed by atoms with Gasteiger partial charge >= 0.3 is 0 Å². The van der Waals surface area contributed by atoms with Gasteiger partial charge in [0.25, 0.3) is 0 Å². The van der Waals surface area contributed by atoms with Crippen molar-refractivity contribution in [2.24, 2.45) is 0 Å². The summed E-state index contributed by atoms with van der Waals surface area (Å²) in [5, 5.41) is 4.33. The maximum absolute atomic E-state index is 12.7. The summed E-state index contributed by atoms with van der Waals surface area (Å²) in [7, 11) is 5.70. The van der Waals surface area contributed by atoms with Gasteiger partial charge in [0, 0.05) is 49.3 Å². The second-order valence-electron chi connectivity index (χ2n) is 8.16. The van der Waals surface area contributed by atoms with E-state index in [1.165, 1.54) is 16.5 Å². The zero-order chi connectivity index (χ0) is 22.5. The standard InChI is InChI=1S/C27H29N3O2/c1-30(2)21-12-10-20(11-13-21)24(25-18-28-26-7-5-4-6-23(25)26)17-29-27(31)16-19-8-14-22(32-3)15-9-19/h4-15,18,24,28H,16-17H2,1-3H3,(H,29,31)/t24-/m0/s1. The quantitative estimate of drug-likeness (QED) is 0.427. The molecule has 0 spiro atoms. The van der Waals surface area contributed by atoms with Crippen molar-refractivity contribution < 1.29 is 9.53 Å². The Labute approximate surface area is 189 Å². The number of aromatic nitrogens is 1. The third-order valence-electron chi connectivity index (χ3n) is 5.84. The number of H-pyrrole nitrogens is 1. The first-order chi connectivity index (χ1) is 15.5. The van der Waals surface area contributed by atoms with Crippen molar-refractivity contribution in [3.8, 4) is 5.75 Å². The molecular formula is C27H29N3O2. The predicted molar refractivity (Wildman–Crippen MR) is 131 cm³/mol. The van der Waals surface area contributed by atoms with Gasteiger partial charge < -0.3 is 19.9 Å². The lowest BCUT2D eigenvalue weighted by Gasteiger charge is -2.20. The number of nitrogens with one attached hydrogen (secondary N) is 2. The van der Waals surface area contributed by atoms with Crippen LogP contribution in [0.3, 0.4) is 0 Å². The van der Waals surface area contributed by atoms with Crippen molar-refractivity contribution in [2.45, 2.75) is 12.3 Å². The molecule has 5 nitrogen and oxygen atoms in total. The Balaban J connectivity index is 1.55. The van der Waals surface area contributed by atoms with Gasteiger partial charge in [0.15, 0.2) is 0 Å². The zero-order valence-electron chi connectivity index (χ0n) is 18.8. The lowest BCUT2D eigenvalue weighted by Crippen LogP contribution is -2.30. The van der Waals surface area contributed by atoms with Gasteiger partial charge in [-0.1, -0.05) is 42.5 Å². The molecule has 3 aromatic carbocycles. The third kappa shape index (κ3) is 4.78. The zero-order valence-corrected chi connectivity index (χ0v) is 18.8. The van der Waals surface area contributed by atoms with E-state index in [-0.39, 0.29) is 11.8 Å². The SMILES string of the molecule is COc1ccc(CC(=O)NC[C@@H](c2ccc(N(C)C)cc2)c2c[nH]c3ccccc23)cc1. The first kappa shape index (κ1) is 21.5. The molecule has 0 bridgehead atoms. The minimum Gasteiger partial charge on any atom is -0.497 e. The highest BCUT2D eigenvalue weighted by Gasteiger charge is 2.19. The molecule has 0 radical (unpaired) electrons. The monoisotopic (exact) mass is 427 g/mol. The van der Waals surface area contributed by atoms with E-state index in [2.05, 4.69) is 57.8 Å². The lowest BCUT2D eigenvalue weighted by atomic mass is 9.90. The molecular weight excluding hydrogens is 398 g/mol. The summed E-state index contributed by atoms with van der Waals surface area (Å²) < 4.78 is 5.20. The number of benzene rings is 3. The van der Waals surface area contributed by atoms with Gasteiger partial charge in [0.1, 0.15) is 5.75 Å². The number of fused-ring (bicyclic) bond motifs is 1. The molecule has 1 atom stereocenters.